The molecule has 0 aliphatic carbocycles. The van der Waals surface area contributed by atoms with E-state index >= 15 is 0 Å². The van der Waals surface area contributed by atoms with Crippen molar-refractivity contribution in [3.8, 4) is 0 Å². The Bertz CT molecular complexity index is 838. The van der Waals surface area contributed by atoms with Gasteiger partial charge in [-0.05, 0) is 30.0 Å². The third kappa shape index (κ3) is 3.79. The Labute approximate surface area is 146 Å². The first kappa shape index (κ1) is 17.4. The number of halogens is 2. The molecule has 2 heterocycles. The van der Waals surface area contributed by atoms with Crippen molar-refractivity contribution in [2.45, 2.75) is 25.1 Å². The monoisotopic (exact) mass is 371 g/mol. The van der Waals surface area contributed by atoms with Crippen molar-refractivity contribution in [1.29, 1.82) is 0 Å². The van der Waals surface area contributed by atoms with Gasteiger partial charge in [0.25, 0.3) is 0 Å². The van der Waals surface area contributed by atoms with Crippen molar-refractivity contribution in [2.75, 3.05) is 13.6 Å². The molecule has 1 aliphatic rings. The van der Waals surface area contributed by atoms with Crippen LogP contribution in [0.15, 0.2) is 30.6 Å². The van der Waals surface area contributed by atoms with Gasteiger partial charge in [-0.1, -0.05) is 17.7 Å². The van der Waals surface area contributed by atoms with Crippen LogP contribution in [0, 0.1) is 11.7 Å². The Morgan fingerprint density at radius 1 is 1.46 bits per heavy atom. The molecule has 1 aliphatic heterocycles. The van der Waals surface area contributed by atoms with Crippen LogP contribution in [0.3, 0.4) is 0 Å². The zero-order chi connectivity index (χ0) is 17.3. The largest absolute Gasteiger partial charge is 0.335 e. The van der Waals surface area contributed by atoms with Gasteiger partial charge in [-0.3, -0.25) is 0 Å². The molecular formula is C16H19ClFN3O2S. The fourth-order valence-corrected chi connectivity index (χ4v) is 4.48. The zero-order valence-electron chi connectivity index (χ0n) is 13.3. The van der Waals surface area contributed by atoms with Gasteiger partial charge in [-0.2, -0.15) is 0 Å². The average molecular weight is 372 g/mol. The standard InChI is InChI=1S/C16H19ClFN3O2S/c1-20(9-13-3-5-16-19-6-7-21(16)10-13)24(22,23)11-12-2-4-15(18)14(17)8-12/h2,4,6-8,13H,3,5,9-11H2,1H3/t13-/m0/s1. The van der Waals surface area contributed by atoms with Gasteiger partial charge in [0.1, 0.15) is 11.6 Å². The Kier molecular flexibility index (Phi) is 4.94. The highest BCUT2D eigenvalue weighted by Gasteiger charge is 2.25. The lowest BCUT2D eigenvalue weighted by Crippen LogP contribution is -2.36. The molecule has 0 unspecified atom stereocenters. The maximum Gasteiger partial charge on any atom is 0.218 e. The second-order valence-corrected chi connectivity index (χ2v) is 8.67. The van der Waals surface area contributed by atoms with Gasteiger partial charge >= 0.3 is 0 Å². The van der Waals surface area contributed by atoms with Gasteiger partial charge < -0.3 is 4.57 Å². The van der Waals surface area contributed by atoms with Crippen molar-refractivity contribution in [3.05, 3.63) is 52.8 Å². The molecule has 0 fully saturated rings. The molecule has 0 N–H and O–H groups in total. The summed E-state index contributed by atoms with van der Waals surface area (Å²) in [6.45, 7) is 1.23. The number of sulfonamides is 1. The number of aromatic nitrogens is 2. The summed E-state index contributed by atoms with van der Waals surface area (Å²) in [6.07, 6.45) is 5.48. The van der Waals surface area contributed by atoms with E-state index in [9.17, 15) is 12.8 Å². The molecule has 3 rings (SSSR count). The molecule has 0 saturated carbocycles. The summed E-state index contributed by atoms with van der Waals surface area (Å²) in [5.74, 6) is 0.567. The molecule has 1 aromatic heterocycles. The van der Waals surface area contributed by atoms with Crippen LogP contribution < -0.4 is 0 Å². The molecular weight excluding hydrogens is 353 g/mol. The van der Waals surface area contributed by atoms with E-state index in [1.165, 1.54) is 22.5 Å². The highest BCUT2D eigenvalue weighted by atomic mass is 35.5. The molecule has 8 heteroatoms. The molecule has 1 atom stereocenters. The molecule has 130 valence electrons. The number of benzene rings is 1. The lowest BCUT2D eigenvalue weighted by atomic mass is 10.00. The van der Waals surface area contributed by atoms with Crippen LogP contribution in [0.2, 0.25) is 5.02 Å². The smallest absolute Gasteiger partial charge is 0.218 e. The summed E-state index contributed by atoms with van der Waals surface area (Å²) in [5.41, 5.74) is 0.480. The fourth-order valence-electron chi connectivity index (χ4n) is 3.01. The second kappa shape index (κ2) is 6.82. The maximum atomic E-state index is 13.2. The Balaban J connectivity index is 1.65. The number of rotatable bonds is 5. The molecule has 0 saturated heterocycles. The first-order valence-electron chi connectivity index (χ1n) is 7.73. The predicted octanol–water partition coefficient (Wildman–Crippen LogP) is 2.70. The van der Waals surface area contributed by atoms with Crippen molar-refractivity contribution in [2.24, 2.45) is 5.92 Å². The third-order valence-corrected chi connectivity index (χ3v) is 6.44. The van der Waals surface area contributed by atoms with Gasteiger partial charge in [-0.25, -0.2) is 22.1 Å². The Morgan fingerprint density at radius 3 is 3.00 bits per heavy atom. The van der Waals surface area contributed by atoms with Crippen LogP contribution >= 0.6 is 11.6 Å². The quantitative estimate of drug-likeness (QED) is 0.812. The number of nitrogens with zero attached hydrogens (tertiary/aromatic N) is 3. The minimum Gasteiger partial charge on any atom is -0.335 e. The van der Waals surface area contributed by atoms with Crippen molar-refractivity contribution in [3.63, 3.8) is 0 Å². The lowest BCUT2D eigenvalue weighted by molar-refractivity contribution is 0.303. The van der Waals surface area contributed by atoms with E-state index in [1.807, 2.05) is 6.20 Å². The van der Waals surface area contributed by atoms with E-state index in [1.54, 1.807) is 13.2 Å². The predicted molar refractivity (Wildman–Crippen MR) is 90.7 cm³/mol. The topological polar surface area (TPSA) is 55.2 Å². The minimum absolute atomic E-state index is 0.0646. The highest BCUT2D eigenvalue weighted by Crippen LogP contribution is 2.22. The Morgan fingerprint density at radius 2 is 2.25 bits per heavy atom. The highest BCUT2D eigenvalue weighted by molar-refractivity contribution is 7.88. The molecule has 0 bridgehead atoms. The SMILES string of the molecule is CN(C[C@@H]1CCc2nccn2C1)S(=O)(=O)Cc1ccc(F)c(Cl)c1. The summed E-state index contributed by atoms with van der Waals surface area (Å²) in [5, 5.41) is -0.0646. The maximum absolute atomic E-state index is 13.2. The van der Waals surface area contributed by atoms with Gasteiger partial charge in [-0.15, -0.1) is 0 Å². The van der Waals surface area contributed by atoms with Crippen LogP contribution in [-0.4, -0.2) is 35.9 Å². The molecule has 5 nitrogen and oxygen atoms in total. The number of hydrogen-bond donors (Lipinski definition) is 0. The van der Waals surface area contributed by atoms with Crippen LogP contribution in [-0.2, 0) is 28.7 Å². The first-order valence-corrected chi connectivity index (χ1v) is 9.72. The van der Waals surface area contributed by atoms with E-state index in [0.717, 1.165) is 25.2 Å². The van der Waals surface area contributed by atoms with Crippen LogP contribution in [0.5, 0.6) is 0 Å². The number of aryl methyl sites for hydroxylation is 1. The summed E-state index contributed by atoms with van der Waals surface area (Å²) in [4.78, 5) is 4.28. The zero-order valence-corrected chi connectivity index (χ0v) is 14.9. The molecule has 0 spiro atoms. The van der Waals surface area contributed by atoms with Crippen LogP contribution in [0.1, 0.15) is 17.8 Å². The summed E-state index contributed by atoms with van der Waals surface area (Å²) < 4.78 is 41.7. The fraction of sp³-hybridized carbons (Fsp3) is 0.438. The molecule has 0 amide bonds. The lowest BCUT2D eigenvalue weighted by Gasteiger charge is -2.27. The summed E-state index contributed by atoms with van der Waals surface area (Å²) >= 11 is 5.72. The normalized spacial score (nSPS) is 17.9. The first-order chi connectivity index (χ1) is 11.3. The van der Waals surface area contributed by atoms with E-state index in [2.05, 4.69) is 9.55 Å². The molecule has 24 heavy (non-hydrogen) atoms. The van der Waals surface area contributed by atoms with Crippen molar-refractivity contribution >= 4 is 21.6 Å². The van der Waals surface area contributed by atoms with Crippen LogP contribution in [0.4, 0.5) is 4.39 Å². The van der Waals surface area contributed by atoms with Crippen molar-refractivity contribution < 1.29 is 12.8 Å². The molecule has 2 aromatic rings. The number of fused-ring (bicyclic) bond motifs is 1. The van der Waals surface area contributed by atoms with Crippen molar-refractivity contribution in [1.82, 2.24) is 13.9 Å². The number of hydrogen-bond acceptors (Lipinski definition) is 3. The molecule has 0 radical (unpaired) electrons. The molecule has 1 aromatic carbocycles. The Hall–Kier alpha value is -1.44. The third-order valence-electron chi connectivity index (χ3n) is 4.36. The van der Waals surface area contributed by atoms with E-state index in [4.69, 9.17) is 11.6 Å². The van der Waals surface area contributed by atoms with E-state index in [0.29, 0.717) is 12.1 Å². The minimum atomic E-state index is -3.48. The van der Waals surface area contributed by atoms with Gasteiger partial charge in [0.05, 0.1) is 10.8 Å². The van der Waals surface area contributed by atoms with E-state index < -0.39 is 15.8 Å². The summed E-state index contributed by atoms with van der Waals surface area (Å²) in [6, 6.07) is 4.00. The summed E-state index contributed by atoms with van der Waals surface area (Å²) in [7, 11) is -1.89. The number of imidazole rings is 1. The van der Waals surface area contributed by atoms with Gasteiger partial charge in [0.2, 0.25) is 10.0 Å². The van der Waals surface area contributed by atoms with Crippen LogP contribution in [0.25, 0.3) is 0 Å². The average Bonchev–Trinajstić information content (AvgIpc) is 2.98. The van der Waals surface area contributed by atoms with Gasteiger partial charge in [0, 0.05) is 39.0 Å². The van der Waals surface area contributed by atoms with E-state index in [-0.39, 0.29) is 16.7 Å². The second-order valence-electron chi connectivity index (χ2n) is 6.19. The van der Waals surface area contributed by atoms with Gasteiger partial charge in [0.15, 0.2) is 0 Å².